The Labute approximate surface area is 73.3 Å². The van der Waals surface area contributed by atoms with Gasteiger partial charge in [-0.25, -0.2) is 0 Å². The molecule has 0 bridgehead atoms. The van der Waals surface area contributed by atoms with Crippen molar-refractivity contribution in [2.45, 2.75) is 0 Å². The van der Waals surface area contributed by atoms with Crippen LogP contribution in [-0.4, -0.2) is 15.4 Å². The molecule has 0 unspecified atom stereocenters. The van der Waals surface area contributed by atoms with Gasteiger partial charge in [0.2, 0.25) is 0 Å². The standard InChI is InChI=1S/C6H5N3.Au/c1-2-4-6-5(3-1)7-9-8-6;/h1-4H,(H,7,8,9);. The number of fused-ring (bicyclic) bond motifs is 1. The van der Waals surface area contributed by atoms with Gasteiger partial charge in [-0.1, -0.05) is 17.3 Å². The molecular weight excluding hydrogens is 311 g/mol. The largest absolute Gasteiger partial charge is 0.258 e. The van der Waals surface area contributed by atoms with Crippen molar-refractivity contribution in [2.24, 2.45) is 0 Å². The molecule has 0 aliphatic carbocycles. The van der Waals surface area contributed by atoms with E-state index in [0.717, 1.165) is 11.0 Å². The summed E-state index contributed by atoms with van der Waals surface area (Å²) in [7, 11) is 0. The minimum absolute atomic E-state index is 0. The summed E-state index contributed by atoms with van der Waals surface area (Å²) in [5.41, 5.74) is 1.90. The molecule has 55 valence electrons. The fourth-order valence-electron chi connectivity index (χ4n) is 0.788. The zero-order valence-electron chi connectivity index (χ0n) is 5.01. The Kier molecular flexibility index (Phi) is 2.21. The van der Waals surface area contributed by atoms with Gasteiger partial charge in [0.25, 0.3) is 0 Å². The van der Waals surface area contributed by atoms with Crippen molar-refractivity contribution in [1.29, 1.82) is 0 Å². The number of para-hydroxylation sites is 1. The average molecular weight is 316 g/mol. The van der Waals surface area contributed by atoms with Crippen molar-refractivity contribution < 1.29 is 22.4 Å². The minimum atomic E-state index is 0. The van der Waals surface area contributed by atoms with Gasteiger partial charge >= 0.3 is 0 Å². The molecule has 0 amide bonds. The molecule has 1 aromatic heterocycles. The second-order valence-electron chi connectivity index (χ2n) is 1.83. The maximum Gasteiger partial charge on any atom is 0.112 e. The van der Waals surface area contributed by atoms with Gasteiger partial charge in [0.15, 0.2) is 0 Å². The second-order valence-corrected chi connectivity index (χ2v) is 1.83. The first kappa shape index (κ1) is 7.47. The number of nitrogens with zero attached hydrogens (tertiary/aromatic N) is 2. The van der Waals surface area contributed by atoms with E-state index >= 15 is 0 Å². The number of rotatable bonds is 0. The van der Waals surface area contributed by atoms with Crippen LogP contribution >= 0.6 is 0 Å². The summed E-state index contributed by atoms with van der Waals surface area (Å²) in [5.74, 6) is 0. The number of hydrogen-bond donors (Lipinski definition) is 1. The van der Waals surface area contributed by atoms with Crippen LogP contribution in [0.5, 0.6) is 0 Å². The van der Waals surface area contributed by atoms with E-state index in [4.69, 9.17) is 0 Å². The fourth-order valence-corrected chi connectivity index (χ4v) is 0.788. The van der Waals surface area contributed by atoms with E-state index < -0.39 is 0 Å². The van der Waals surface area contributed by atoms with E-state index in [2.05, 4.69) is 15.4 Å². The molecule has 0 aliphatic rings. The van der Waals surface area contributed by atoms with Crippen molar-refractivity contribution in [3.05, 3.63) is 24.3 Å². The van der Waals surface area contributed by atoms with Crippen molar-refractivity contribution in [1.82, 2.24) is 15.4 Å². The van der Waals surface area contributed by atoms with Gasteiger partial charge in [-0.2, -0.15) is 0 Å². The van der Waals surface area contributed by atoms with Crippen LogP contribution in [0.3, 0.4) is 0 Å². The molecule has 10 heavy (non-hydrogen) atoms. The Morgan fingerprint density at radius 1 is 1.20 bits per heavy atom. The van der Waals surface area contributed by atoms with Crippen molar-refractivity contribution in [2.75, 3.05) is 0 Å². The molecule has 1 aromatic carbocycles. The van der Waals surface area contributed by atoms with Gasteiger partial charge in [-0.05, 0) is 12.1 Å². The molecule has 2 aromatic rings. The molecule has 0 spiro atoms. The summed E-state index contributed by atoms with van der Waals surface area (Å²) in [6, 6.07) is 7.74. The SMILES string of the molecule is [Au].c1ccc2[nH]nnc2c1. The van der Waals surface area contributed by atoms with Crippen LogP contribution in [0.4, 0.5) is 0 Å². The Balaban J connectivity index is 0.000000500. The first-order valence-electron chi connectivity index (χ1n) is 2.72. The zero-order valence-corrected chi connectivity index (χ0v) is 7.17. The van der Waals surface area contributed by atoms with Crippen molar-refractivity contribution in [3.63, 3.8) is 0 Å². The average Bonchev–Trinajstić information content (AvgIpc) is 2.33. The monoisotopic (exact) mass is 316 g/mol. The number of benzene rings is 1. The minimum Gasteiger partial charge on any atom is -0.258 e. The predicted molar refractivity (Wildman–Crippen MR) is 33.9 cm³/mol. The van der Waals surface area contributed by atoms with Crippen LogP contribution in [0, 0.1) is 0 Å². The van der Waals surface area contributed by atoms with Gasteiger partial charge in [0.1, 0.15) is 5.52 Å². The number of aromatic amines is 1. The zero-order chi connectivity index (χ0) is 6.10. The van der Waals surface area contributed by atoms with Crippen molar-refractivity contribution >= 4 is 11.0 Å². The second kappa shape index (κ2) is 2.96. The van der Waals surface area contributed by atoms with Crippen LogP contribution in [0.2, 0.25) is 0 Å². The van der Waals surface area contributed by atoms with Crippen LogP contribution < -0.4 is 0 Å². The molecule has 0 atom stereocenters. The predicted octanol–water partition coefficient (Wildman–Crippen LogP) is 0.955. The molecule has 1 heterocycles. The maximum atomic E-state index is 3.81. The normalized spacial score (nSPS) is 9.20. The Hall–Kier alpha value is -0.640. The topological polar surface area (TPSA) is 41.6 Å². The van der Waals surface area contributed by atoms with Gasteiger partial charge in [0.05, 0.1) is 5.52 Å². The molecular formula is C6H5AuN3. The summed E-state index contributed by atoms with van der Waals surface area (Å²) >= 11 is 0. The summed E-state index contributed by atoms with van der Waals surface area (Å²) in [6.45, 7) is 0. The molecule has 4 heteroatoms. The maximum absolute atomic E-state index is 3.81. The summed E-state index contributed by atoms with van der Waals surface area (Å²) in [6.07, 6.45) is 0. The Morgan fingerprint density at radius 3 is 2.80 bits per heavy atom. The Morgan fingerprint density at radius 2 is 2.00 bits per heavy atom. The number of hydrogen-bond acceptors (Lipinski definition) is 2. The molecule has 1 radical (unpaired) electrons. The van der Waals surface area contributed by atoms with Gasteiger partial charge in [-0.3, -0.25) is 5.10 Å². The first-order chi connectivity index (χ1) is 4.47. The summed E-state index contributed by atoms with van der Waals surface area (Å²) in [4.78, 5) is 0. The first-order valence-corrected chi connectivity index (χ1v) is 2.72. The Bertz CT molecular complexity index is 287. The van der Waals surface area contributed by atoms with Crippen LogP contribution in [0.1, 0.15) is 0 Å². The van der Waals surface area contributed by atoms with Gasteiger partial charge in [0, 0.05) is 22.4 Å². The van der Waals surface area contributed by atoms with E-state index in [1.807, 2.05) is 24.3 Å². The van der Waals surface area contributed by atoms with E-state index in [0.29, 0.717) is 0 Å². The van der Waals surface area contributed by atoms with E-state index in [1.54, 1.807) is 0 Å². The third-order valence-electron chi connectivity index (χ3n) is 1.23. The molecule has 1 N–H and O–H groups in total. The van der Waals surface area contributed by atoms with Crippen LogP contribution in [0.15, 0.2) is 24.3 Å². The van der Waals surface area contributed by atoms with Gasteiger partial charge < -0.3 is 0 Å². The van der Waals surface area contributed by atoms with E-state index in [-0.39, 0.29) is 22.4 Å². The van der Waals surface area contributed by atoms with Crippen LogP contribution in [-0.2, 0) is 22.4 Å². The molecule has 0 saturated heterocycles. The number of nitrogens with one attached hydrogen (secondary N) is 1. The summed E-state index contributed by atoms with van der Waals surface area (Å²) in [5, 5.41) is 10.2. The fraction of sp³-hybridized carbons (Fsp3) is 0. The number of H-pyrrole nitrogens is 1. The molecule has 0 fully saturated rings. The smallest absolute Gasteiger partial charge is 0.112 e. The third kappa shape index (κ3) is 1.11. The molecule has 0 aliphatic heterocycles. The van der Waals surface area contributed by atoms with E-state index in [9.17, 15) is 0 Å². The van der Waals surface area contributed by atoms with Crippen LogP contribution in [0.25, 0.3) is 11.0 Å². The third-order valence-corrected chi connectivity index (χ3v) is 1.23. The number of aromatic nitrogens is 3. The summed E-state index contributed by atoms with van der Waals surface area (Å²) < 4.78 is 0. The van der Waals surface area contributed by atoms with Gasteiger partial charge in [-0.15, -0.1) is 5.10 Å². The van der Waals surface area contributed by atoms with E-state index in [1.165, 1.54) is 0 Å². The molecule has 2 rings (SSSR count). The molecule has 0 saturated carbocycles. The molecule has 3 nitrogen and oxygen atoms in total. The quantitative estimate of drug-likeness (QED) is 0.736. The van der Waals surface area contributed by atoms with Crippen molar-refractivity contribution in [3.8, 4) is 0 Å².